The van der Waals surface area contributed by atoms with Crippen molar-refractivity contribution in [2.45, 2.75) is 26.3 Å². The molecule has 1 fully saturated rings. The summed E-state index contributed by atoms with van der Waals surface area (Å²) in [6, 6.07) is 8.20. The molecule has 3 rings (SSSR count). The van der Waals surface area contributed by atoms with E-state index in [0.29, 0.717) is 35.3 Å². The van der Waals surface area contributed by atoms with E-state index in [1.165, 1.54) is 0 Å². The Kier molecular flexibility index (Phi) is 4.95. The summed E-state index contributed by atoms with van der Waals surface area (Å²) in [6.07, 6.45) is 0.463. The zero-order chi connectivity index (χ0) is 18.9. The van der Waals surface area contributed by atoms with Crippen molar-refractivity contribution in [2.75, 3.05) is 18.1 Å². The van der Waals surface area contributed by atoms with Crippen molar-refractivity contribution in [1.82, 2.24) is 15.1 Å². The van der Waals surface area contributed by atoms with Gasteiger partial charge in [0.2, 0.25) is 0 Å². The molecule has 138 valence electrons. The molecule has 1 atom stereocenters. The van der Waals surface area contributed by atoms with Crippen LogP contribution in [0.15, 0.2) is 35.1 Å². The van der Waals surface area contributed by atoms with Crippen LogP contribution in [0.4, 0.5) is 0 Å². The van der Waals surface area contributed by atoms with E-state index in [-0.39, 0.29) is 29.0 Å². The fraction of sp³-hybridized carbons (Fsp3) is 0.389. The molecule has 1 saturated heterocycles. The first-order chi connectivity index (χ1) is 12.3. The summed E-state index contributed by atoms with van der Waals surface area (Å²) in [7, 11) is -3.07. The van der Waals surface area contributed by atoms with E-state index >= 15 is 0 Å². The molecule has 0 unspecified atom stereocenters. The molecular formula is C18H21N3O4S. The highest BCUT2D eigenvalue weighted by Gasteiger charge is 2.34. The molecule has 1 N–H and O–H groups in total. The number of benzene rings is 1. The maximum absolute atomic E-state index is 12.9. The molecule has 0 aliphatic carbocycles. The second-order valence-corrected chi connectivity index (χ2v) is 8.71. The van der Waals surface area contributed by atoms with Crippen LogP contribution in [0, 0.1) is 6.92 Å². The predicted octanol–water partition coefficient (Wildman–Crippen LogP) is 1.39. The van der Waals surface area contributed by atoms with Crippen LogP contribution in [0.25, 0.3) is 11.1 Å². The van der Waals surface area contributed by atoms with Crippen LogP contribution in [0.5, 0.6) is 0 Å². The maximum Gasteiger partial charge on any atom is 0.272 e. The van der Waals surface area contributed by atoms with Crippen molar-refractivity contribution in [1.29, 1.82) is 0 Å². The van der Waals surface area contributed by atoms with E-state index in [9.17, 15) is 18.0 Å². The predicted molar refractivity (Wildman–Crippen MR) is 98.8 cm³/mol. The van der Waals surface area contributed by atoms with Crippen molar-refractivity contribution in [3.05, 3.63) is 51.9 Å². The van der Waals surface area contributed by atoms with Gasteiger partial charge in [-0.2, -0.15) is 5.10 Å². The molecule has 0 bridgehead atoms. The number of nitrogens with one attached hydrogen (secondary N) is 1. The minimum atomic E-state index is -3.07. The lowest BCUT2D eigenvalue weighted by atomic mass is 10.0. The van der Waals surface area contributed by atoms with E-state index in [0.717, 1.165) is 0 Å². The summed E-state index contributed by atoms with van der Waals surface area (Å²) < 4.78 is 23.5. The Bertz CT molecular complexity index is 997. The molecule has 0 radical (unpaired) electrons. The summed E-state index contributed by atoms with van der Waals surface area (Å²) in [5, 5.41) is 6.30. The number of rotatable bonds is 4. The molecule has 0 spiro atoms. The van der Waals surface area contributed by atoms with Gasteiger partial charge in [0, 0.05) is 18.2 Å². The first-order valence-electron chi connectivity index (χ1n) is 8.49. The summed E-state index contributed by atoms with van der Waals surface area (Å²) in [6.45, 7) is 4.04. The van der Waals surface area contributed by atoms with Gasteiger partial charge in [-0.1, -0.05) is 12.1 Å². The lowest BCUT2D eigenvalue weighted by Crippen LogP contribution is -2.41. The van der Waals surface area contributed by atoms with Gasteiger partial charge in [-0.15, -0.1) is 0 Å². The van der Waals surface area contributed by atoms with Gasteiger partial charge in [-0.05, 0) is 44.0 Å². The molecule has 1 aromatic carbocycles. The van der Waals surface area contributed by atoms with Gasteiger partial charge in [-0.25, -0.2) is 13.5 Å². The Labute approximate surface area is 152 Å². The first-order valence-corrected chi connectivity index (χ1v) is 10.3. The number of nitrogens with zero attached hydrogens (tertiary/aromatic N) is 2. The molecule has 1 aliphatic rings. The van der Waals surface area contributed by atoms with Crippen molar-refractivity contribution in [3.8, 4) is 11.1 Å². The lowest BCUT2D eigenvalue weighted by molar-refractivity contribution is 0.0708. The quantitative estimate of drug-likeness (QED) is 0.870. The smallest absolute Gasteiger partial charge is 0.272 e. The molecule has 0 saturated carbocycles. The van der Waals surface area contributed by atoms with Crippen molar-refractivity contribution in [3.63, 3.8) is 0 Å². The van der Waals surface area contributed by atoms with Gasteiger partial charge in [0.25, 0.3) is 11.5 Å². The topological polar surface area (TPSA) is 100 Å². The molecule has 7 nitrogen and oxygen atoms in total. The van der Waals surface area contributed by atoms with Crippen LogP contribution in [-0.2, 0) is 9.84 Å². The van der Waals surface area contributed by atoms with Crippen LogP contribution in [0.1, 0.15) is 29.4 Å². The normalized spacial score (nSPS) is 18.6. The number of sulfone groups is 1. The zero-order valence-electron chi connectivity index (χ0n) is 14.7. The monoisotopic (exact) mass is 375 g/mol. The molecule has 26 heavy (non-hydrogen) atoms. The Morgan fingerprint density at radius 2 is 2.12 bits per heavy atom. The summed E-state index contributed by atoms with van der Waals surface area (Å²) in [4.78, 5) is 26.6. The van der Waals surface area contributed by atoms with Crippen LogP contribution in [0.3, 0.4) is 0 Å². The number of amides is 1. The highest BCUT2D eigenvalue weighted by Crippen LogP contribution is 2.22. The van der Waals surface area contributed by atoms with Gasteiger partial charge in [-0.3, -0.25) is 9.59 Å². The molecular weight excluding hydrogens is 354 g/mol. The van der Waals surface area contributed by atoms with E-state index in [4.69, 9.17) is 0 Å². The Balaban J connectivity index is 1.93. The van der Waals surface area contributed by atoms with Crippen LogP contribution in [-0.4, -0.2) is 53.5 Å². The summed E-state index contributed by atoms with van der Waals surface area (Å²) >= 11 is 0. The van der Waals surface area contributed by atoms with E-state index in [1.54, 1.807) is 42.2 Å². The van der Waals surface area contributed by atoms with Gasteiger partial charge in [0.15, 0.2) is 9.84 Å². The number of carbonyl (C=O) groups excluding carboxylic acids is 1. The maximum atomic E-state index is 12.9. The SMILES string of the molecule is CCN(C(=O)c1cccc(-c2cc(C)n[nH]c2=O)c1)[C@H]1CCS(=O)(=O)C1. The van der Waals surface area contributed by atoms with Crippen molar-refractivity contribution in [2.24, 2.45) is 0 Å². The van der Waals surface area contributed by atoms with Crippen LogP contribution >= 0.6 is 0 Å². The molecule has 1 aromatic heterocycles. The minimum Gasteiger partial charge on any atom is -0.335 e. The summed E-state index contributed by atoms with van der Waals surface area (Å²) in [5.41, 5.74) is 1.84. The number of aromatic amines is 1. The first kappa shape index (κ1) is 18.3. The van der Waals surface area contributed by atoms with Gasteiger partial charge in [0.05, 0.1) is 22.8 Å². The molecule has 2 aromatic rings. The largest absolute Gasteiger partial charge is 0.335 e. The number of carbonyl (C=O) groups is 1. The third-order valence-electron chi connectivity index (χ3n) is 4.60. The number of aromatic nitrogens is 2. The molecule has 1 amide bonds. The molecule has 1 aliphatic heterocycles. The average Bonchev–Trinajstić information content (AvgIpc) is 2.97. The van der Waals surface area contributed by atoms with Gasteiger partial charge < -0.3 is 4.90 Å². The second kappa shape index (κ2) is 7.03. The number of hydrogen-bond donors (Lipinski definition) is 1. The fourth-order valence-electron chi connectivity index (χ4n) is 3.29. The highest BCUT2D eigenvalue weighted by molar-refractivity contribution is 7.91. The van der Waals surface area contributed by atoms with Crippen LogP contribution < -0.4 is 5.56 Å². The summed E-state index contributed by atoms with van der Waals surface area (Å²) in [5.74, 6) is -0.0958. The Hall–Kier alpha value is -2.48. The lowest BCUT2D eigenvalue weighted by Gasteiger charge is -2.27. The number of H-pyrrole nitrogens is 1. The zero-order valence-corrected chi connectivity index (χ0v) is 15.5. The molecule has 8 heteroatoms. The third-order valence-corrected chi connectivity index (χ3v) is 6.35. The van der Waals surface area contributed by atoms with E-state index < -0.39 is 9.84 Å². The fourth-order valence-corrected chi connectivity index (χ4v) is 5.03. The van der Waals surface area contributed by atoms with Crippen molar-refractivity contribution >= 4 is 15.7 Å². The molecule has 2 heterocycles. The van der Waals surface area contributed by atoms with E-state index in [2.05, 4.69) is 10.2 Å². The highest BCUT2D eigenvalue weighted by atomic mass is 32.2. The van der Waals surface area contributed by atoms with Crippen LogP contribution in [0.2, 0.25) is 0 Å². The Morgan fingerprint density at radius 1 is 1.35 bits per heavy atom. The van der Waals surface area contributed by atoms with Gasteiger partial charge in [0.1, 0.15) is 0 Å². The Morgan fingerprint density at radius 3 is 2.77 bits per heavy atom. The number of aryl methyl sites for hydroxylation is 1. The van der Waals surface area contributed by atoms with Crippen molar-refractivity contribution < 1.29 is 13.2 Å². The van der Waals surface area contributed by atoms with Gasteiger partial charge >= 0.3 is 0 Å². The number of hydrogen-bond acceptors (Lipinski definition) is 5. The standard InChI is InChI=1S/C18H21N3O4S/c1-3-21(15-7-8-26(24,25)11-15)18(23)14-6-4-5-13(10-14)16-9-12(2)19-20-17(16)22/h4-6,9-10,15H,3,7-8,11H2,1-2H3,(H,20,22)/t15-/m0/s1. The average molecular weight is 375 g/mol. The third kappa shape index (κ3) is 3.70. The van der Waals surface area contributed by atoms with E-state index in [1.807, 2.05) is 6.92 Å². The minimum absolute atomic E-state index is 0.00941. The second-order valence-electron chi connectivity index (χ2n) is 6.48.